The van der Waals surface area contributed by atoms with E-state index in [9.17, 15) is 18.7 Å². The Balaban J connectivity index is 1.31. The molecule has 7 rings (SSSR count). The van der Waals surface area contributed by atoms with Crippen LogP contribution < -0.4 is 14.5 Å². The van der Waals surface area contributed by atoms with Crippen LogP contribution in [0, 0.1) is 5.82 Å². The van der Waals surface area contributed by atoms with E-state index < -0.39 is 6.17 Å². The minimum absolute atomic E-state index is 0.0170. The number of aryl methyl sites for hydroxylation is 1. The number of phenols is 1. The van der Waals surface area contributed by atoms with Crippen LogP contribution in [0.25, 0.3) is 10.8 Å². The van der Waals surface area contributed by atoms with E-state index in [1.807, 2.05) is 6.92 Å². The van der Waals surface area contributed by atoms with Crippen LogP contribution in [0.2, 0.25) is 0 Å². The summed E-state index contributed by atoms with van der Waals surface area (Å²) in [6.07, 6.45) is 2.60. The number of carbonyl (C=O) groups is 1. The van der Waals surface area contributed by atoms with Crippen LogP contribution in [-0.2, 0) is 17.7 Å². The number of carbonyl (C=O) groups excluding carboxylic acids is 1. The van der Waals surface area contributed by atoms with Crippen LogP contribution >= 0.6 is 0 Å². The second-order valence-electron chi connectivity index (χ2n) is 12.3. The summed E-state index contributed by atoms with van der Waals surface area (Å²) in [6, 6.07) is 6.31. The van der Waals surface area contributed by atoms with Crippen molar-refractivity contribution in [2.45, 2.75) is 70.2 Å². The number of nitrogens with zero attached hydrogens (tertiary/aromatic N) is 5. The lowest BCUT2D eigenvalue weighted by Gasteiger charge is -2.31. The van der Waals surface area contributed by atoms with Gasteiger partial charge < -0.3 is 24.4 Å². The molecule has 9 nitrogen and oxygen atoms in total. The number of alkyl halides is 1. The molecule has 3 fully saturated rings. The number of rotatable bonds is 6. The van der Waals surface area contributed by atoms with Crippen LogP contribution in [0.1, 0.15) is 61.1 Å². The molecule has 4 aliphatic heterocycles. The smallest absolute Gasteiger partial charge is 0.318 e. The van der Waals surface area contributed by atoms with Crippen molar-refractivity contribution in [2.24, 2.45) is 0 Å². The number of phenolic OH excluding ortho intramolecular Hbond substituents is 1. The minimum atomic E-state index is -0.875. The fourth-order valence-electron chi connectivity index (χ4n) is 7.52. The SMILES string of the molecule is CCc1c(F)ccc2cc(O)cc(N3Cc4nc(OCC56CCCN5CC(F)C6)nc(N5CCOCCC5C)c4C3=O)c12. The minimum Gasteiger partial charge on any atom is -0.508 e. The van der Waals surface area contributed by atoms with Crippen LogP contribution in [0.15, 0.2) is 24.3 Å². The Morgan fingerprint density at radius 3 is 2.91 bits per heavy atom. The highest BCUT2D eigenvalue weighted by molar-refractivity contribution is 6.16. The first-order valence-corrected chi connectivity index (χ1v) is 15.3. The van der Waals surface area contributed by atoms with Crippen molar-refractivity contribution in [3.8, 4) is 11.8 Å². The average Bonchev–Trinajstić information content (AvgIpc) is 3.56. The van der Waals surface area contributed by atoms with E-state index in [0.717, 1.165) is 25.8 Å². The van der Waals surface area contributed by atoms with Gasteiger partial charge in [-0.2, -0.15) is 9.97 Å². The van der Waals surface area contributed by atoms with Crippen LogP contribution in [-0.4, -0.2) is 83.1 Å². The molecule has 43 heavy (non-hydrogen) atoms. The maximum atomic E-state index is 15.0. The largest absolute Gasteiger partial charge is 0.508 e. The maximum absolute atomic E-state index is 15.0. The highest BCUT2D eigenvalue weighted by atomic mass is 19.1. The number of aromatic nitrogens is 2. The molecule has 5 heterocycles. The van der Waals surface area contributed by atoms with Crippen LogP contribution in [0.4, 0.5) is 20.3 Å². The first-order chi connectivity index (χ1) is 20.8. The molecular formula is C32H37F2N5O4. The van der Waals surface area contributed by atoms with Gasteiger partial charge in [-0.1, -0.05) is 13.0 Å². The fourth-order valence-corrected chi connectivity index (χ4v) is 7.52. The van der Waals surface area contributed by atoms with Crippen molar-refractivity contribution in [3.63, 3.8) is 0 Å². The molecule has 11 heteroatoms. The van der Waals surface area contributed by atoms with Gasteiger partial charge in [0.15, 0.2) is 0 Å². The molecule has 0 saturated carbocycles. The van der Waals surface area contributed by atoms with E-state index in [2.05, 4.69) is 16.7 Å². The third kappa shape index (κ3) is 4.77. The van der Waals surface area contributed by atoms with Gasteiger partial charge in [0.25, 0.3) is 5.91 Å². The molecule has 3 saturated heterocycles. The normalized spacial score (nSPS) is 25.8. The fraction of sp³-hybridized carbons (Fsp3) is 0.531. The van der Waals surface area contributed by atoms with Crippen molar-refractivity contribution >= 4 is 28.2 Å². The zero-order valence-corrected chi connectivity index (χ0v) is 24.6. The van der Waals surface area contributed by atoms with Crippen molar-refractivity contribution < 1.29 is 28.2 Å². The van der Waals surface area contributed by atoms with Crippen molar-refractivity contribution in [3.05, 3.63) is 46.9 Å². The molecule has 228 valence electrons. The van der Waals surface area contributed by atoms with Gasteiger partial charge in [-0.05, 0) is 62.2 Å². The number of hydrogen-bond donors (Lipinski definition) is 1. The van der Waals surface area contributed by atoms with Crippen LogP contribution in [0.3, 0.4) is 0 Å². The van der Waals surface area contributed by atoms with E-state index in [4.69, 9.17) is 19.4 Å². The zero-order valence-electron chi connectivity index (χ0n) is 24.6. The molecule has 3 aromatic rings. The van der Waals surface area contributed by atoms with E-state index in [1.54, 1.807) is 17.0 Å². The number of fused-ring (bicyclic) bond motifs is 3. The molecule has 0 bridgehead atoms. The summed E-state index contributed by atoms with van der Waals surface area (Å²) in [6.45, 7) is 7.25. The van der Waals surface area contributed by atoms with Gasteiger partial charge in [0, 0.05) is 43.6 Å². The van der Waals surface area contributed by atoms with E-state index in [0.29, 0.717) is 78.2 Å². The van der Waals surface area contributed by atoms with Gasteiger partial charge in [0.2, 0.25) is 0 Å². The molecule has 1 amide bonds. The number of ether oxygens (including phenoxy) is 2. The van der Waals surface area contributed by atoms with Crippen molar-refractivity contribution in [1.82, 2.24) is 14.9 Å². The summed E-state index contributed by atoms with van der Waals surface area (Å²) in [4.78, 5) is 29.6. The van der Waals surface area contributed by atoms with E-state index in [1.165, 1.54) is 12.1 Å². The molecule has 2 aromatic carbocycles. The maximum Gasteiger partial charge on any atom is 0.318 e. The third-order valence-electron chi connectivity index (χ3n) is 9.68. The van der Waals surface area contributed by atoms with E-state index in [-0.39, 0.29) is 48.2 Å². The van der Waals surface area contributed by atoms with Gasteiger partial charge in [0.05, 0.1) is 30.1 Å². The molecule has 3 unspecified atom stereocenters. The molecule has 0 spiro atoms. The predicted octanol–water partition coefficient (Wildman–Crippen LogP) is 4.77. The van der Waals surface area contributed by atoms with E-state index >= 15 is 0 Å². The predicted molar refractivity (Wildman–Crippen MR) is 158 cm³/mol. The lowest BCUT2D eigenvalue weighted by Crippen LogP contribution is -2.43. The molecule has 1 N–H and O–H groups in total. The Morgan fingerprint density at radius 1 is 1.21 bits per heavy atom. The summed E-state index contributed by atoms with van der Waals surface area (Å²) in [5.74, 6) is -0.212. The van der Waals surface area contributed by atoms with Crippen molar-refractivity contribution in [2.75, 3.05) is 49.3 Å². The Kier molecular flexibility index (Phi) is 7.12. The number of anilines is 2. The second kappa shape index (κ2) is 10.9. The first-order valence-electron chi connectivity index (χ1n) is 15.3. The number of aromatic hydroxyl groups is 1. The molecule has 1 aromatic heterocycles. The quantitative estimate of drug-likeness (QED) is 0.437. The number of halogens is 2. The lowest BCUT2D eigenvalue weighted by molar-refractivity contribution is 0.0996. The summed E-state index contributed by atoms with van der Waals surface area (Å²) in [5, 5.41) is 11.8. The number of amides is 1. The Labute approximate surface area is 249 Å². The summed E-state index contributed by atoms with van der Waals surface area (Å²) < 4.78 is 41.4. The average molecular weight is 594 g/mol. The van der Waals surface area contributed by atoms with Gasteiger partial charge in [-0.3, -0.25) is 9.69 Å². The monoisotopic (exact) mass is 593 g/mol. The Bertz CT molecular complexity index is 1590. The zero-order chi connectivity index (χ0) is 29.9. The molecular weight excluding hydrogens is 556 g/mol. The second-order valence-corrected chi connectivity index (χ2v) is 12.3. The first kappa shape index (κ1) is 28.2. The van der Waals surface area contributed by atoms with Gasteiger partial charge in [-0.15, -0.1) is 0 Å². The van der Waals surface area contributed by atoms with Gasteiger partial charge in [0.1, 0.15) is 35.7 Å². The number of benzene rings is 2. The third-order valence-corrected chi connectivity index (χ3v) is 9.68. The Hall–Kier alpha value is -3.57. The van der Waals surface area contributed by atoms with Crippen LogP contribution in [0.5, 0.6) is 11.8 Å². The topological polar surface area (TPSA) is 91.3 Å². The molecule has 0 radical (unpaired) electrons. The number of hydrogen-bond acceptors (Lipinski definition) is 8. The van der Waals surface area contributed by atoms with Gasteiger partial charge >= 0.3 is 6.01 Å². The standard InChI is InChI=1S/C32H37F2N5O4/c1-3-23-24(34)6-5-20-13-22(40)14-26(27(20)23)39-17-25-28(30(39)41)29(38-10-12-42-11-7-19(38)2)36-31(35-25)43-18-32-8-4-9-37(32)16-21(33)15-32/h5-6,13-14,19,21,40H,3-4,7-12,15-18H2,1-2H3. The molecule has 4 aliphatic rings. The lowest BCUT2D eigenvalue weighted by atomic mass is 9.95. The van der Waals surface area contributed by atoms with Crippen molar-refractivity contribution in [1.29, 1.82) is 0 Å². The highest BCUT2D eigenvalue weighted by Crippen LogP contribution is 2.43. The summed E-state index contributed by atoms with van der Waals surface area (Å²) in [5.41, 5.74) is 1.42. The summed E-state index contributed by atoms with van der Waals surface area (Å²) >= 11 is 0. The summed E-state index contributed by atoms with van der Waals surface area (Å²) in [7, 11) is 0. The molecule has 3 atom stereocenters. The Morgan fingerprint density at radius 2 is 2.07 bits per heavy atom. The highest BCUT2D eigenvalue weighted by Gasteiger charge is 2.49. The van der Waals surface area contributed by atoms with Gasteiger partial charge in [-0.25, -0.2) is 8.78 Å². The molecule has 0 aliphatic carbocycles.